The molecule has 0 saturated heterocycles. The van der Waals surface area contributed by atoms with Gasteiger partial charge in [-0.2, -0.15) is 0 Å². The Bertz CT molecular complexity index is 443. The summed E-state index contributed by atoms with van der Waals surface area (Å²) in [6.07, 6.45) is 4.97. The van der Waals surface area contributed by atoms with E-state index in [1.807, 2.05) is 0 Å². The van der Waals surface area contributed by atoms with Crippen LogP contribution < -0.4 is 10.6 Å². The number of unbranched alkanes of at least 4 members (excludes halogenated alkanes) is 2. The quantitative estimate of drug-likeness (QED) is 0.503. The summed E-state index contributed by atoms with van der Waals surface area (Å²) in [4.78, 5) is 33.8. The van der Waals surface area contributed by atoms with Gasteiger partial charge in [0.2, 0.25) is 11.8 Å². The zero-order valence-corrected chi connectivity index (χ0v) is 15.2. The number of hydrogen-bond donors (Lipinski definition) is 3. The number of rotatable bonds is 11. The van der Waals surface area contributed by atoms with E-state index >= 15 is 0 Å². The van der Waals surface area contributed by atoms with Crippen LogP contribution in [0.1, 0.15) is 65.7 Å². The molecule has 0 aliphatic heterocycles. The van der Waals surface area contributed by atoms with E-state index in [2.05, 4.69) is 31.4 Å². The number of carbonyl (C=O) groups is 3. The number of carbonyl (C=O) groups excluding carboxylic acids is 2. The summed E-state index contributed by atoms with van der Waals surface area (Å²) in [5, 5.41) is 14.0. The van der Waals surface area contributed by atoms with Gasteiger partial charge in [0, 0.05) is 25.4 Å². The van der Waals surface area contributed by atoms with Gasteiger partial charge in [0.15, 0.2) is 0 Å². The number of amides is 2. The van der Waals surface area contributed by atoms with Gasteiger partial charge < -0.3 is 15.7 Å². The first kappa shape index (κ1) is 20.5. The highest BCUT2D eigenvalue weighted by Gasteiger charge is 2.44. The summed E-state index contributed by atoms with van der Waals surface area (Å²) in [5.74, 6) is -0.103. The largest absolute Gasteiger partial charge is 0.481 e. The topological polar surface area (TPSA) is 95.5 Å². The molecule has 0 aromatic rings. The number of carboxylic acids is 1. The minimum absolute atomic E-state index is 0.0465. The Morgan fingerprint density at radius 1 is 1.00 bits per heavy atom. The third-order valence-corrected chi connectivity index (χ3v) is 4.17. The molecule has 0 radical (unpaired) electrons. The van der Waals surface area contributed by atoms with E-state index in [4.69, 9.17) is 5.11 Å². The van der Waals surface area contributed by atoms with Crippen molar-refractivity contribution in [2.75, 3.05) is 13.1 Å². The maximum Gasteiger partial charge on any atom is 0.305 e. The van der Waals surface area contributed by atoms with Crippen LogP contribution >= 0.6 is 0 Å². The van der Waals surface area contributed by atoms with E-state index in [1.165, 1.54) is 0 Å². The Kier molecular flexibility index (Phi) is 8.22. The van der Waals surface area contributed by atoms with Crippen molar-refractivity contribution in [3.63, 3.8) is 0 Å². The summed E-state index contributed by atoms with van der Waals surface area (Å²) in [6, 6.07) is 0. The molecule has 0 aromatic carbocycles. The van der Waals surface area contributed by atoms with Gasteiger partial charge in [-0.1, -0.05) is 27.2 Å². The number of aliphatic carboxylic acids is 1. The SMILES string of the molecule is CC(C)(C)C[C@@H]1C[C@H]1C(=O)NCCCCCC(=O)NCCC(=O)O. The molecule has 0 spiro atoms. The van der Waals surface area contributed by atoms with E-state index < -0.39 is 5.97 Å². The highest BCUT2D eigenvalue weighted by molar-refractivity contribution is 5.81. The Morgan fingerprint density at radius 2 is 1.71 bits per heavy atom. The van der Waals surface area contributed by atoms with Crippen LogP contribution in [-0.2, 0) is 14.4 Å². The second-order valence-electron chi connectivity index (χ2n) is 7.96. The zero-order valence-electron chi connectivity index (χ0n) is 15.2. The molecule has 2 amide bonds. The summed E-state index contributed by atoms with van der Waals surface area (Å²) >= 11 is 0. The monoisotopic (exact) mass is 340 g/mol. The Labute approximate surface area is 144 Å². The molecule has 0 aromatic heterocycles. The van der Waals surface area contributed by atoms with Gasteiger partial charge in [0.1, 0.15) is 0 Å². The highest BCUT2D eigenvalue weighted by Crippen LogP contribution is 2.46. The average molecular weight is 340 g/mol. The third-order valence-electron chi connectivity index (χ3n) is 4.17. The van der Waals surface area contributed by atoms with Crippen molar-refractivity contribution in [1.29, 1.82) is 0 Å². The van der Waals surface area contributed by atoms with Crippen molar-refractivity contribution < 1.29 is 19.5 Å². The van der Waals surface area contributed by atoms with Crippen molar-refractivity contribution in [1.82, 2.24) is 10.6 Å². The third kappa shape index (κ3) is 9.53. The molecule has 1 fully saturated rings. The fourth-order valence-corrected chi connectivity index (χ4v) is 2.91. The van der Waals surface area contributed by atoms with Gasteiger partial charge in [-0.15, -0.1) is 0 Å². The number of nitrogens with one attached hydrogen (secondary N) is 2. The lowest BCUT2D eigenvalue weighted by Crippen LogP contribution is -2.27. The molecular weight excluding hydrogens is 308 g/mol. The lowest BCUT2D eigenvalue weighted by molar-refractivity contribution is -0.137. The maximum atomic E-state index is 12.0. The minimum atomic E-state index is -0.911. The molecule has 24 heavy (non-hydrogen) atoms. The molecule has 0 heterocycles. The van der Waals surface area contributed by atoms with Gasteiger partial charge in [0.05, 0.1) is 6.42 Å². The molecule has 0 unspecified atom stereocenters. The van der Waals surface area contributed by atoms with Crippen molar-refractivity contribution in [2.45, 2.75) is 65.7 Å². The molecule has 1 aliphatic carbocycles. The van der Waals surface area contributed by atoms with E-state index in [0.29, 0.717) is 18.9 Å². The molecule has 6 heteroatoms. The second kappa shape index (κ2) is 9.64. The lowest BCUT2D eigenvalue weighted by Gasteiger charge is -2.17. The smallest absolute Gasteiger partial charge is 0.305 e. The molecule has 3 N–H and O–H groups in total. The fourth-order valence-electron chi connectivity index (χ4n) is 2.91. The zero-order chi connectivity index (χ0) is 18.2. The van der Waals surface area contributed by atoms with Gasteiger partial charge in [-0.3, -0.25) is 14.4 Å². The van der Waals surface area contributed by atoms with Crippen molar-refractivity contribution in [3.05, 3.63) is 0 Å². The van der Waals surface area contributed by atoms with E-state index in [0.717, 1.165) is 32.1 Å². The molecule has 138 valence electrons. The van der Waals surface area contributed by atoms with E-state index in [-0.39, 0.29) is 36.1 Å². The average Bonchev–Trinajstić information content (AvgIpc) is 3.19. The second-order valence-corrected chi connectivity index (χ2v) is 7.96. The van der Waals surface area contributed by atoms with Gasteiger partial charge in [-0.05, 0) is 37.0 Å². The van der Waals surface area contributed by atoms with Crippen LogP contribution in [0.3, 0.4) is 0 Å². The van der Waals surface area contributed by atoms with Crippen molar-refractivity contribution >= 4 is 17.8 Å². The predicted octanol–water partition coefficient (Wildman–Crippen LogP) is 2.33. The first-order chi connectivity index (χ1) is 11.2. The van der Waals surface area contributed by atoms with Crippen molar-refractivity contribution in [2.24, 2.45) is 17.3 Å². The molecule has 2 atom stereocenters. The fraction of sp³-hybridized carbons (Fsp3) is 0.833. The Hall–Kier alpha value is -1.59. The molecular formula is C18H32N2O4. The van der Waals surface area contributed by atoms with Gasteiger partial charge >= 0.3 is 5.97 Å². The first-order valence-corrected chi connectivity index (χ1v) is 8.95. The highest BCUT2D eigenvalue weighted by atomic mass is 16.4. The van der Waals surface area contributed by atoms with Crippen LogP contribution in [-0.4, -0.2) is 36.0 Å². The Morgan fingerprint density at radius 3 is 2.33 bits per heavy atom. The summed E-state index contributed by atoms with van der Waals surface area (Å²) in [5.41, 5.74) is 0.282. The predicted molar refractivity (Wildman–Crippen MR) is 92.4 cm³/mol. The van der Waals surface area contributed by atoms with Crippen LogP contribution in [0, 0.1) is 17.3 Å². The summed E-state index contributed by atoms with van der Waals surface area (Å²) in [6.45, 7) is 7.47. The van der Waals surface area contributed by atoms with Crippen molar-refractivity contribution in [3.8, 4) is 0 Å². The first-order valence-electron chi connectivity index (χ1n) is 8.95. The van der Waals surface area contributed by atoms with Crippen LogP contribution in [0.15, 0.2) is 0 Å². The number of carboxylic acid groups (broad SMARTS) is 1. The van der Waals surface area contributed by atoms with Gasteiger partial charge in [-0.25, -0.2) is 0 Å². The minimum Gasteiger partial charge on any atom is -0.481 e. The van der Waals surface area contributed by atoms with Crippen LogP contribution in [0.25, 0.3) is 0 Å². The maximum absolute atomic E-state index is 12.0. The number of hydrogen-bond acceptors (Lipinski definition) is 3. The van der Waals surface area contributed by atoms with Crippen LogP contribution in [0.5, 0.6) is 0 Å². The molecule has 1 saturated carbocycles. The lowest BCUT2D eigenvalue weighted by atomic mass is 9.89. The standard InChI is InChI=1S/C18H32N2O4/c1-18(2,3)12-13-11-14(13)17(24)20-9-6-4-5-7-15(21)19-10-8-16(22)23/h13-14H,4-12H2,1-3H3,(H,19,21)(H,20,24)(H,22,23)/t13-,14+/m0/s1. The Balaban J connectivity index is 1.96. The van der Waals surface area contributed by atoms with Crippen LogP contribution in [0.2, 0.25) is 0 Å². The molecule has 0 bridgehead atoms. The molecule has 1 aliphatic rings. The summed E-state index contributed by atoms with van der Waals surface area (Å²) < 4.78 is 0. The molecule has 6 nitrogen and oxygen atoms in total. The molecule has 1 rings (SSSR count). The summed E-state index contributed by atoms with van der Waals surface area (Å²) in [7, 11) is 0. The van der Waals surface area contributed by atoms with Gasteiger partial charge in [0.25, 0.3) is 0 Å². The normalized spacial score (nSPS) is 19.6. The van der Waals surface area contributed by atoms with E-state index in [9.17, 15) is 14.4 Å². The van der Waals surface area contributed by atoms with Crippen LogP contribution in [0.4, 0.5) is 0 Å². The van der Waals surface area contributed by atoms with E-state index in [1.54, 1.807) is 0 Å².